The van der Waals surface area contributed by atoms with Gasteiger partial charge in [0.2, 0.25) is 11.9 Å². The Bertz CT molecular complexity index is 1450. The maximum atomic E-state index is 12.4. The Morgan fingerprint density at radius 2 is 1.97 bits per heavy atom. The molecule has 2 unspecified atom stereocenters. The van der Waals surface area contributed by atoms with Gasteiger partial charge >= 0.3 is 0 Å². The number of aromatic nitrogens is 2. The molecule has 38 heavy (non-hydrogen) atoms. The molecule has 1 aliphatic rings. The number of aryl methyl sites for hydroxylation is 1. The predicted molar refractivity (Wildman–Crippen MR) is 155 cm³/mol. The van der Waals surface area contributed by atoms with E-state index < -0.39 is 22.1 Å². The second-order valence-corrected chi connectivity index (χ2v) is 12.9. The van der Waals surface area contributed by atoms with E-state index in [-0.39, 0.29) is 18.5 Å². The molecule has 9 nitrogen and oxygen atoms in total. The number of imidazole rings is 1. The van der Waals surface area contributed by atoms with Gasteiger partial charge in [0.1, 0.15) is 0 Å². The van der Waals surface area contributed by atoms with Crippen LogP contribution in [0, 0.1) is 5.41 Å². The lowest BCUT2D eigenvalue weighted by Gasteiger charge is -2.27. The molecule has 0 saturated carbocycles. The van der Waals surface area contributed by atoms with E-state index in [1.165, 1.54) is 0 Å². The highest BCUT2D eigenvalue weighted by molar-refractivity contribution is 7.85. The van der Waals surface area contributed by atoms with E-state index in [2.05, 4.69) is 15.6 Å². The molecule has 2 aromatic carbocycles. The number of carbonyl (C=O) groups is 2. The molecule has 0 aliphatic carbocycles. The lowest BCUT2D eigenvalue weighted by atomic mass is 9.95. The molecule has 2 amide bonds. The first-order valence-electron chi connectivity index (χ1n) is 12.2. The van der Waals surface area contributed by atoms with E-state index in [1.807, 2.05) is 50.4 Å². The van der Waals surface area contributed by atoms with E-state index in [0.29, 0.717) is 55.5 Å². The minimum atomic E-state index is -0.864. The Labute approximate surface area is 234 Å². The van der Waals surface area contributed by atoms with Crippen molar-refractivity contribution in [2.75, 3.05) is 28.8 Å². The number of nitrogens with two attached hydrogens (primary N) is 1. The molecule has 4 N–H and O–H groups in total. The van der Waals surface area contributed by atoms with Crippen LogP contribution in [-0.4, -0.2) is 50.2 Å². The molecular formula is C26H32Cl2N6O3S. The first-order chi connectivity index (χ1) is 17.8. The maximum absolute atomic E-state index is 12.4. The molecule has 4 rings (SSSR count). The zero-order chi connectivity index (χ0) is 27.9. The monoisotopic (exact) mass is 578 g/mol. The van der Waals surface area contributed by atoms with Crippen molar-refractivity contribution in [1.82, 2.24) is 14.9 Å². The number of fused-ring (bicyclic) bond motifs is 1. The number of halogens is 2. The van der Waals surface area contributed by atoms with E-state index in [4.69, 9.17) is 28.9 Å². The van der Waals surface area contributed by atoms with Gasteiger partial charge in [0.25, 0.3) is 5.91 Å². The Balaban J connectivity index is 1.68. The Morgan fingerprint density at radius 1 is 1.26 bits per heavy atom. The van der Waals surface area contributed by atoms with Gasteiger partial charge in [0.15, 0.2) is 0 Å². The summed E-state index contributed by atoms with van der Waals surface area (Å²) in [6.45, 7) is 5.76. The van der Waals surface area contributed by atoms with Crippen molar-refractivity contribution < 1.29 is 13.8 Å². The number of primary amides is 1. The number of hydrogen-bond donors (Lipinski definition) is 3. The van der Waals surface area contributed by atoms with Gasteiger partial charge in [-0.3, -0.25) is 13.8 Å². The van der Waals surface area contributed by atoms with Gasteiger partial charge in [0.05, 0.1) is 38.0 Å². The summed E-state index contributed by atoms with van der Waals surface area (Å²) in [4.78, 5) is 31.3. The number of carbonyl (C=O) groups excluding carboxylic acids is 2. The van der Waals surface area contributed by atoms with Crippen molar-refractivity contribution in [3.05, 3.63) is 45.4 Å². The summed E-state index contributed by atoms with van der Waals surface area (Å²) in [5.41, 5.74) is 8.69. The Morgan fingerprint density at radius 3 is 2.58 bits per heavy atom. The third-order valence-corrected chi connectivity index (χ3v) is 8.97. The number of nitrogens with zero attached hydrogens (tertiary/aromatic N) is 3. The first kappa shape index (κ1) is 28.2. The number of rotatable bonds is 7. The van der Waals surface area contributed by atoms with Crippen LogP contribution in [0.5, 0.6) is 0 Å². The molecule has 0 bridgehead atoms. The van der Waals surface area contributed by atoms with Gasteiger partial charge in [-0.25, -0.2) is 4.98 Å². The van der Waals surface area contributed by atoms with Gasteiger partial charge < -0.3 is 25.8 Å². The molecule has 1 fully saturated rings. The topological polar surface area (TPSA) is 122 Å². The standard InChI is InChI=1S/C26H32Cl2N6O3S/c1-26(2,3)24(36)30-12-14-6-7-17(27)22(21(14)28)32-25-31-18-10-16(23(29)35)19(11-20(18)34(25)5)33(4)15-8-9-38(37)13-15/h6-7,10-11,15H,8-9,12-13H2,1-5H3,(H2,29,35)(H,30,36)(H,31,32). The lowest BCUT2D eigenvalue weighted by molar-refractivity contribution is -0.128. The number of hydrogen-bond acceptors (Lipinski definition) is 6. The van der Waals surface area contributed by atoms with Crippen LogP contribution in [-0.2, 0) is 29.2 Å². The van der Waals surface area contributed by atoms with Crippen molar-refractivity contribution in [3.63, 3.8) is 0 Å². The van der Waals surface area contributed by atoms with Crippen molar-refractivity contribution >= 4 is 74.2 Å². The van der Waals surface area contributed by atoms with Gasteiger partial charge in [0, 0.05) is 54.4 Å². The second-order valence-electron chi connectivity index (χ2n) is 10.5. The average Bonchev–Trinajstić information content (AvgIpc) is 3.41. The van der Waals surface area contributed by atoms with E-state index in [9.17, 15) is 13.8 Å². The SMILES string of the molecule is CN(c1cc2c(cc1C(N)=O)nc(Nc1c(Cl)ccc(CNC(=O)C(C)(C)C)c1Cl)n2C)C1CCS(=O)C1. The van der Waals surface area contributed by atoms with Gasteiger partial charge in [-0.05, 0) is 30.2 Å². The smallest absolute Gasteiger partial charge is 0.250 e. The van der Waals surface area contributed by atoms with Gasteiger partial charge in [-0.2, -0.15) is 0 Å². The lowest BCUT2D eigenvalue weighted by Crippen LogP contribution is -2.34. The summed E-state index contributed by atoms with van der Waals surface area (Å²) in [5, 5.41) is 6.88. The Hall–Kier alpha value is -2.82. The number of amides is 2. The third kappa shape index (κ3) is 5.62. The van der Waals surface area contributed by atoms with Crippen LogP contribution < -0.4 is 21.3 Å². The fraction of sp³-hybridized carbons (Fsp3) is 0.423. The minimum Gasteiger partial charge on any atom is -0.370 e. The fourth-order valence-electron chi connectivity index (χ4n) is 4.38. The summed E-state index contributed by atoms with van der Waals surface area (Å²) in [5.74, 6) is 0.988. The average molecular weight is 580 g/mol. The molecule has 12 heteroatoms. The minimum absolute atomic E-state index is 0.0522. The number of anilines is 3. The molecule has 1 aromatic heterocycles. The predicted octanol–water partition coefficient (Wildman–Crippen LogP) is 4.34. The van der Waals surface area contributed by atoms with Crippen LogP contribution in [0.1, 0.15) is 43.1 Å². The highest BCUT2D eigenvalue weighted by Gasteiger charge is 2.28. The molecule has 1 saturated heterocycles. The van der Waals surface area contributed by atoms with Crippen LogP contribution in [0.15, 0.2) is 24.3 Å². The highest BCUT2D eigenvalue weighted by Crippen LogP contribution is 2.37. The summed E-state index contributed by atoms with van der Waals surface area (Å²) in [6, 6.07) is 7.07. The first-order valence-corrected chi connectivity index (χ1v) is 14.4. The normalized spacial score (nSPS) is 17.6. The van der Waals surface area contributed by atoms with E-state index >= 15 is 0 Å². The van der Waals surface area contributed by atoms with Crippen LogP contribution in [0.4, 0.5) is 17.3 Å². The molecule has 2 atom stereocenters. The van der Waals surface area contributed by atoms with Crippen molar-refractivity contribution in [1.29, 1.82) is 0 Å². The molecular weight excluding hydrogens is 547 g/mol. The van der Waals surface area contributed by atoms with Crippen LogP contribution in [0.3, 0.4) is 0 Å². The van der Waals surface area contributed by atoms with Crippen molar-refractivity contribution in [3.8, 4) is 0 Å². The number of nitrogens with one attached hydrogen (secondary N) is 2. The highest BCUT2D eigenvalue weighted by atomic mass is 35.5. The van der Waals surface area contributed by atoms with Gasteiger partial charge in [-0.15, -0.1) is 0 Å². The molecule has 0 radical (unpaired) electrons. The third-order valence-electron chi connectivity index (χ3n) is 6.78. The molecule has 2 heterocycles. The summed E-state index contributed by atoms with van der Waals surface area (Å²) in [6.07, 6.45) is 0.779. The largest absolute Gasteiger partial charge is 0.370 e. The van der Waals surface area contributed by atoms with Crippen molar-refractivity contribution in [2.45, 2.75) is 39.8 Å². The van der Waals surface area contributed by atoms with E-state index in [1.54, 1.807) is 18.2 Å². The molecule has 1 aliphatic heterocycles. The van der Waals surface area contributed by atoms with Crippen LogP contribution >= 0.6 is 23.2 Å². The quantitative estimate of drug-likeness (QED) is 0.383. The second kappa shape index (κ2) is 10.7. The van der Waals surface area contributed by atoms with E-state index in [0.717, 1.165) is 11.9 Å². The van der Waals surface area contributed by atoms with Crippen LogP contribution in [0.25, 0.3) is 11.0 Å². The summed E-state index contributed by atoms with van der Waals surface area (Å²) < 4.78 is 13.8. The fourth-order valence-corrected chi connectivity index (χ4v) is 6.43. The maximum Gasteiger partial charge on any atom is 0.250 e. The molecule has 3 aromatic rings. The summed E-state index contributed by atoms with van der Waals surface area (Å²) in [7, 11) is 2.86. The zero-order valence-corrected chi connectivity index (χ0v) is 24.4. The molecule has 204 valence electrons. The zero-order valence-electron chi connectivity index (χ0n) is 22.0. The number of benzene rings is 2. The van der Waals surface area contributed by atoms with Gasteiger partial charge in [-0.1, -0.05) is 50.0 Å². The summed E-state index contributed by atoms with van der Waals surface area (Å²) >= 11 is 13.2. The van der Waals surface area contributed by atoms with Crippen LogP contribution in [0.2, 0.25) is 10.0 Å². The van der Waals surface area contributed by atoms with Crippen molar-refractivity contribution in [2.24, 2.45) is 18.2 Å². The Kier molecular flexibility index (Phi) is 7.97. The molecule has 0 spiro atoms.